The van der Waals surface area contributed by atoms with Gasteiger partial charge in [0.25, 0.3) is 11.7 Å². The molecule has 0 bridgehead atoms. The van der Waals surface area contributed by atoms with Crippen molar-refractivity contribution in [3.63, 3.8) is 0 Å². The number of carbonyl (C=O) groups is 2. The van der Waals surface area contributed by atoms with Crippen LogP contribution in [-0.4, -0.2) is 67.5 Å². The van der Waals surface area contributed by atoms with E-state index in [2.05, 4.69) is 13.8 Å². The van der Waals surface area contributed by atoms with Crippen molar-refractivity contribution < 1.29 is 24.2 Å². The third-order valence-electron chi connectivity index (χ3n) is 6.00. The van der Waals surface area contributed by atoms with Crippen LogP contribution in [0.4, 0.5) is 0 Å². The lowest BCUT2D eigenvalue weighted by Gasteiger charge is -2.26. The Hall–Kier alpha value is -3.32. The van der Waals surface area contributed by atoms with Crippen LogP contribution in [0.5, 0.6) is 11.5 Å². The maximum absolute atomic E-state index is 13.2. The van der Waals surface area contributed by atoms with Gasteiger partial charge in [0, 0.05) is 12.1 Å². The van der Waals surface area contributed by atoms with Crippen LogP contribution < -0.4 is 9.47 Å². The van der Waals surface area contributed by atoms with E-state index in [9.17, 15) is 14.7 Å². The van der Waals surface area contributed by atoms with Gasteiger partial charge in [0.2, 0.25) is 0 Å². The molecule has 7 nitrogen and oxygen atoms in total. The molecule has 0 aromatic heterocycles. The van der Waals surface area contributed by atoms with E-state index in [0.29, 0.717) is 36.8 Å². The molecule has 0 saturated carbocycles. The molecule has 1 heterocycles. The van der Waals surface area contributed by atoms with Gasteiger partial charge in [-0.1, -0.05) is 26.0 Å². The van der Waals surface area contributed by atoms with Crippen LogP contribution in [0.3, 0.4) is 0 Å². The minimum Gasteiger partial charge on any atom is -0.507 e. The van der Waals surface area contributed by atoms with E-state index in [1.165, 1.54) is 0 Å². The summed E-state index contributed by atoms with van der Waals surface area (Å²) in [7, 11) is 5.51. The molecule has 2 aromatic rings. The van der Waals surface area contributed by atoms with E-state index >= 15 is 0 Å². The number of likely N-dealkylation sites (tertiary alicyclic amines) is 1. The molecule has 0 radical (unpaired) electrons. The van der Waals surface area contributed by atoms with Crippen molar-refractivity contribution in [3.8, 4) is 11.5 Å². The average molecular weight is 481 g/mol. The number of aryl methyl sites for hydroxylation is 1. The Balaban J connectivity index is 2.04. The Labute approximate surface area is 207 Å². The van der Waals surface area contributed by atoms with E-state index in [1.54, 1.807) is 42.3 Å². The normalized spacial score (nSPS) is 17.5. The Bertz CT molecular complexity index is 1090. The zero-order chi connectivity index (χ0) is 25.7. The number of aliphatic hydroxyl groups is 1. The molecular formula is C28H36N2O5. The van der Waals surface area contributed by atoms with E-state index < -0.39 is 17.7 Å². The highest BCUT2D eigenvalue weighted by atomic mass is 16.5. The minimum absolute atomic E-state index is 0.0975. The van der Waals surface area contributed by atoms with Crippen LogP contribution in [-0.2, 0) is 9.59 Å². The van der Waals surface area contributed by atoms with Gasteiger partial charge in [-0.2, -0.15) is 0 Å². The van der Waals surface area contributed by atoms with Gasteiger partial charge in [-0.3, -0.25) is 9.59 Å². The van der Waals surface area contributed by atoms with Gasteiger partial charge in [0.15, 0.2) is 0 Å². The molecule has 3 rings (SSSR count). The highest BCUT2D eigenvalue weighted by Crippen LogP contribution is 2.40. The van der Waals surface area contributed by atoms with Crippen LogP contribution in [0.1, 0.15) is 43.0 Å². The molecule has 1 atom stereocenters. The zero-order valence-electron chi connectivity index (χ0n) is 21.5. The summed E-state index contributed by atoms with van der Waals surface area (Å²) in [5.41, 5.74) is 2.16. The van der Waals surface area contributed by atoms with Gasteiger partial charge < -0.3 is 24.4 Å². The maximum Gasteiger partial charge on any atom is 0.295 e. The molecule has 1 saturated heterocycles. The minimum atomic E-state index is -0.680. The molecule has 1 aliphatic rings. The molecule has 1 N–H and O–H groups in total. The Morgan fingerprint density at radius 2 is 1.80 bits per heavy atom. The molecule has 1 aliphatic heterocycles. The molecule has 1 amide bonds. The van der Waals surface area contributed by atoms with Crippen molar-refractivity contribution in [3.05, 3.63) is 64.7 Å². The molecule has 1 unspecified atom stereocenters. The Morgan fingerprint density at radius 3 is 2.37 bits per heavy atom. The first-order chi connectivity index (χ1) is 16.6. The van der Waals surface area contributed by atoms with Crippen molar-refractivity contribution in [2.24, 2.45) is 5.92 Å². The number of methoxy groups -OCH3 is 1. The second-order valence-electron chi connectivity index (χ2n) is 9.61. The van der Waals surface area contributed by atoms with Gasteiger partial charge in [-0.05, 0) is 81.4 Å². The van der Waals surface area contributed by atoms with Gasteiger partial charge >= 0.3 is 0 Å². The molecule has 35 heavy (non-hydrogen) atoms. The number of hydrogen-bond donors (Lipinski definition) is 1. The number of ketones is 1. The van der Waals surface area contributed by atoms with E-state index in [0.717, 1.165) is 23.4 Å². The van der Waals surface area contributed by atoms with Gasteiger partial charge in [-0.25, -0.2) is 0 Å². The smallest absolute Gasteiger partial charge is 0.295 e. The fourth-order valence-corrected chi connectivity index (χ4v) is 4.17. The average Bonchev–Trinajstić information content (AvgIpc) is 3.07. The van der Waals surface area contributed by atoms with Crippen LogP contribution >= 0.6 is 0 Å². The van der Waals surface area contributed by atoms with Crippen molar-refractivity contribution in [2.45, 2.75) is 33.2 Å². The standard InChI is InChI=1S/C28H36N2O5/c1-18(2)17-35-23-13-10-21(16-19(23)3)26(31)24-25(20-8-11-22(34-6)12-9-20)30(28(33)27(24)32)15-7-14-29(4)5/h8-13,16,18,25,31H,7,14-15,17H2,1-6H3/b26-24-. The number of ether oxygens (including phenoxy) is 2. The fourth-order valence-electron chi connectivity index (χ4n) is 4.17. The summed E-state index contributed by atoms with van der Waals surface area (Å²) >= 11 is 0. The van der Waals surface area contributed by atoms with Crippen LogP contribution in [0, 0.1) is 12.8 Å². The van der Waals surface area contributed by atoms with Gasteiger partial charge in [0.05, 0.1) is 25.3 Å². The first-order valence-electron chi connectivity index (χ1n) is 11.9. The third kappa shape index (κ3) is 6.03. The number of Topliss-reactive ketones (excluding diaryl/α,β-unsaturated/α-hetero) is 1. The summed E-state index contributed by atoms with van der Waals surface area (Å²) in [6, 6.07) is 11.9. The maximum atomic E-state index is 13.2. The number of rotatable bonds is 10. The van der Waals surface area contributed by atoms with Gasteiger partial charge in [-0.15, -0.1) is 0 Å². The number of benzene rings is 2. The third-order valence-corrected chi connectivity index (χ3v) is 6.00. The van der Waals surface area contributed by atoms with E-state index in [4.69, 9.17) is 9.47 Å². The number of aliphatic hydroxyl groups excluding tert-OH is 1. The van der Waals surface area contributed by atoms with Gasteiger partial charge in [0.1, 0.15) is 17.3 Å². The molecule has 188 valence electrons. The summed E-state index contributed by atoms with van der Waals surface area (Å²) in [5.74, 6) is 0.330. The quantitative estimate of drug-likeness (QED) is 0.308. The lowest BCUT2D eigenvalue weighted by Crippen LogP contribution is -2.32. The van der Waals surface area contributed by atoms with Crippen LogP contribution in [0.2, 0.25) is 0 Å². The molecule has 2 aromatic carbocycles. The molecule has 1 fully saturated rings. The number of amides is 1. The summed E-state index contributed by atoms with van der Waals surface area (Å²) in [5, 5.41) is 11.3. The topological polar surface area (TPSA) is 79.3 Å². The van der Waals surface area contributed by atoms with Crippen LogP contribution in [0.15, 0.2) is 48.0 Å². The monoisotopic (exact) mass is 480 g/mol. The van der Waals surface area contributed by atoms with E-state index in [1.807, 2.05) is 38.1 Å². The summed E-state index contributed by atoms with van der Waals surface area (Å²) < 4.78 is 11.1. The first kappa shape index (κ1) is 26.3. The SMILES string of the molecule is COc1ccc(C2/C(=C(/O)c3ccc(OCC(C)C)c(C)c3)C(=O)C(=O)N2CCCN(C)C)cc1. The van der Waals surface area contributed by atoms with Crippen molar-refractivity contribution in [2.75, 3.05) is 40.9 Å². The highest BCUT2D eigenvalue weighted by Gasteiger charge is 2.45. The summed E-state index contributed by atoms with van der Waals surface area (Å²) in [4.78, 5) is 29.9. The Kier molecular flexibility index (Phi) is 8.57. The lowest BCUT2D eigenvalue weighted by atomic mass is 9.94. The van der Waals surface area contributed by atoms with E-state index in [-0.39, 0.29) is 11.3 Å². The van der Waals surface area contributed by atoms with Crippen molar-refractivity contribution in [1.82, 2.24) is 9.80 Å². The fraction of sp³-hybridized carbons (Fsp3) is 0.429. The molecule has 0 spiro atoms. The first-order valence-corrected chi connectivity index (χ1v) is 11.9. The summed E-state index contributed by atoms with van der Waals surface area (Å²) in [6.45, 7) is 7.81. The number of nitrogens with zero attached hydrogens (tertiary/aromatic N) is 2. The summed E-state index contributed by atoms with van der Waals surface area (Å²) in [6.07, 6.45) is 0.702. The predicted molar refractivity (Wildman–Crippen MR) is 137 cm³/mol. The lowest BCUT2D eigenvalue weighted by molar-refractivity contribution is -0.139. The van der Waals surface area contributed by atoms with Crippen LogP contribution in [0.25, 0.3) is 5.76 Å². The van der Waals surface area contributed by atoms with Crippen molar-refractivity contribution >= 4 is 17.4 Å². The Morgan fingerprint density at radius 1 is 1.11 bits per heavy atom. The molecule has 7 heteroatoms. The second kappa shape index (κ2) is 11.4. The zero-order valence-corrected chi connectivity index (χ0v) is 21.5. The van der Waals surface area contributed by atoms with Crippen molar-refractivity contribution in [1.29, 1.82) is 0 Å². The predicted octanol–water partition coefficient (Wildman–Crippen LogP) is 4.41. The molecular weight excluding hydrogens is 444 g/mol. The number of hydrogen-bond acceptors (Lipinski definition) is 6. The number of carbonyl (C=O) groups excluding carboxylic acids is 2. The largest absolute Gasteiger partial charge is 0.507 e. The molecule has 0 aliphatic carbocycles. The highest BCUT2D eigenvalue weighted by molar-refractivity contribution is 6.46. The second-order valence-corrected chi connectivity index (χ2v) is 9.61.